The average molecular weight is 296 g/mol. The lowest BCUT2D eigenvalue weighted by molar-refractivity contribution is -0.119. The third-order valence-electron chi connectivity index (χ3n) is 2.71. The molecule has 21 heavy (non-hydrogen) atoms. The first-order chi connectivity index (χ1) is 10.3. The molecule has 2 N–H and O–H groups in total. The first-order valence-corrected chi connectivity index (χ1v) is 6.97. The monoisotopic (exact) mass is 296 g/mol. The van der Waals surface area contributed by atoms with E-state index >= 15 is 0 Å². The summed E-state index contributed by atoms with van der Waals surface area (Å²) in [7, 11) is 3.28. The Bertz CT molecular complexity index is 395. The summed E-state index contributed by atoms with van der Waals surface area (Å²) in [6.45, 7) is 2.60. The number of benzene rings is 1. The van der Waals surface area contributed by atoms with Crippen molar-refractivity contribution < 1.29 is 19.0 Å². The van der Waals surface area contributed by atoms with E-state index in [4.69, 9.17) is 14.2 Å². The van der Waals surface area contributed by atoms with Gasteiger partial charge in [-0.2, -0.15) is 0 Å². The zero-order valence-corrected chi connectivity index (χ0v) is 12.7. The molecule has 0 aliphatic carbocycles. The van der Waals surface area contributed by atoms with Crippen molar-refractivity contribution in [2.24, 2.45) is 0 Å². The molecule has 0 aliphatic heterocycles. The largest absolute Gasteiger partial charge is 0.491 e. The van der Waals surface area contributed by atoms with Gasteiger partial charge in [0, 0.05) is 33.1 Å². The van der Waals surface area contributed by atoms with Gasteiger partial charge in [-0.05, 0) is 30.7 Å². The minimum atomic E-state index is -0.0356. The number of rotatable bonds is 11. The second-order valence-corrected chi connectivity index (χ2v) is 4.42. The maximum atomic E-state index is 11.6. The summed E-state index contributed by atoms with van der Waals surface area (Å²) < 4.78 is 15.3. The first-order valence-electron chi connectivity index (χ1n) is 6.97. The number of carbonyl (C=O) groups excluding carboxylic acids is 1. The van der Waals surface area contributed by atoms with Gasteiger partial charge in [0.2, 0.25) is 5.91 Å². The molecule has 6 nitrogen and oxygen atoms in total. The molecular weight excluding hydrogens is 272 g/mol. The predicted molar refractivity (Wildman–Crippen MR) is 81.8 cm³/mol. The number of nitrogens with one attached hydrogen (secondary N) is 2. The number of carbonyl (C=O) groups is 1. The Morgan fingerprint density at radius 3 is 2.43 bits per heavy atom. The average Bonchev–Trinajstić information content (AvgIpc) is 2.51. The molecule has 1 aromatic carbocycles. The molecular formula is C15H24N2O4. The summed E-state index contributed by atoms with van der Waals surface area (Å²) in [6, 6.07) is 7.46. The summed E-state index contributed by atoms with van der Waals surface area (Å²) in [5.74, 6) is 0.744. The van der Waals surface area contributed by atoms with Crippen molar-refractivity contribution in [1.82, 2.24) is 5.32 Å². The Morgan fingerprint density at radius 1 is 1.05 bits per heavy atom. The van der Waals surface area contributed by atoms with E-state index in [0.29, 0.717) is 26.4 Å². The van der Waals surface area contributed by atoms with Gasteiger partial charge in [-0.3, -0.25) is 4.79 Å². The molecule has 0 saturated heterocycles. The van der Waals surface area contributed by atoms with Crippen LogP contribution in [0.25, 0.3) is 0 Å². The predicted octanol–water partition coefficient (Wildman–Crippen LogP) is 1.28. The van der Waals surface area contributed by atoms with Crippen LogP contribution < -0.4 is 15.4 Å². The summed E-state index contributed by atoms with van der Waals surface area (Å²) in [6.07, 6.45) is 0.815. The highest BCUT2D eigenvalue weighted by Crippen LogP contribution is 2.15. The van der Waals surface area contributed by atoms with E-state index in [0.717, 1.165) is 17.9 Å². The molecule has 0 spiro atoms. The molecule has 6 heteroatoms. The van der Waals surface area contributed by atoms with Gasteiger partial charge in [-0.25, -0.2) is 0 Å². The summed E-state index contributed by atoms with van der Waals surface area (Å²) >= 11 is 0. The lowest BCUT2D eigenvalue weighted by atomic mass is 10.3. The van der Waals surface area contributed by atoms with Crippen LogP contribution in [0.1, 0.15) is 6.42 Å². The van der Waals surface area contributed by atoms with Gasteiger partial charge in [0.05, 0.1) is 13.2 Å². The smallest absolute Gasteiger partial charge is 0.239 e. The molecule has 0 radical (unpaired) electrons. The fraction of sp³-hybridized carbons (Fsp3) is 0.533. The molecule has 0 unspecified atom stereocenters. The van der Waals surface area contributed by atoms with Crippen molar-refractivity contribution in [1.29, 1.82) is 0 Å². The van der Waals surface area contributed by atoms with Crippen LogP contribution in [-0.4, -0.2) is 53.0 Å². The highest BCUT2D eigenvalue weighted by Gasteiger charge is 2.01. The molecule has 0 bridgehead atoms. The third-order valence-corrected chi connectivity index (χ3v) is 2.71. The maximum Gasteiger partial charge on any atom is 0.239 e. The molecule has 118 valence electrons. The van der Waals surface area contributed by atoms with Crippen LogP contribution in [0.2, 0.25) is 0 Å². The van der Waals surface area contributed by atoms with E-state index in [1.165, 1.54) is 0 Å². The fourth-order valence-electron chi connectivity index (χ4n) is 1.60. The molecule has 0 fully saturated rings. The standard InChI is InChI=1S/C15H24N2O4/c1-19-9-3-8-16-15(18)12-17-13-4-6-14(7-5-13)21-11-10-20-2/h4-7,17H,3,8-12H2,1-2H3,(H,16,18). The Morgan fingerprint density at radius 2 is 1.76 bits per heavy atom. The fourth-order valence-corrected chi connectivity index (χ4v) is 1.60. The number of methoxy groups -OCH3 is 2. The van der Waals surface area contributed by atoms with Gasteiger partial charge < -0.3 is 24.8 Å². The van der Waals surface area contributed by atoms with Crippen molar-refractivity contribution >= 4 is 11.6 Å². The molecule has 0 atom stereocenters. The van der Waals surface area contributed by atoms with Crippen molar-refractivity contribution in [3.63, 3.8) is 0 Å². The highest BCUT2D eigenvalue weighted by atomic mass is 16.5. The van der Waals surface area contributed by atoms with Crippen LogP contribution >= 0.6 is 0 Å². The molecule has 0 heterocycles. The number of hydrogen-bond donors (Lipinski definition) is 2. The van der Waals surface area contributed by atoms with E-state index in [1.807, 2.05) is 24.3 Å². The van der Waals surface area contributed by atoms with E-state index in [1.54, 1.807) is 14.2 Å². The molecule has 0 saturated carbocycles. The van der Waals surface area contributed by atoms with Crippen LogP contribution in [0.3, 0.4) is 0 Å². The Labute approximate surface area is 125 Å². The van der Waals surface area contributed by atoms with Crippen LogP contribution in [0.4, 0.5) is 5.69 Å². The Balaban J connectivity index is 2.21. The molecule has 1 rings (SSSR count). The van der Waals surface area contributed by atoms with Crippen LogP contribution in [-0.2, 0) is 14.3 Å². The minimum absolute atomic E-state index is 0.0356. The lowest BCUT2D eigenvalue weighted by Gasteiger charge is -2.09. The normalized spacial score (nSPS) is 10.2. The number of ether oxygens (including phenoxy) is 3. The number of hydrogen-bond acceptors (Lipinski definition) is 5. The zero-order chi connectivity index (χ0) is 15.3. The van der Waals surface area contributed by atoms with Crippen molar-refractivity contribution in [3.05, 3.63) is 24.3 Å². The van der Waals surface area contributed by atoms with Crippen molar-refractivity contribution in [3.8, 4) is 5.75 Å². The summed E-state index contributed by atoms with van der Waals surface area (Å²) in [5, 5.41) is 5.87. The third kappa shape index (κ3) is 8.16. The quantitative estimate of drug-likeness (QED) is 0.602. The second-order valence-electron chi connectivity index (χ2n) is 4.42. The topological polar surface area (TPSA) is 68.8 Å². The minimum Gasteiger partial charge on any atom is -0.491 e. The van der Waals surface area contributed by atoms with Crippen LogP contribution in [0.5, 0.6) is 5.75 Å². The van der Waals surface area contributed by atoms with Gasteiger partial charge >= 0.3 is 0 Å². The van der Waals surface area contributed by atoms with Gasteiger partial charge in [-0.1, -0.05) is 0 Å². The van der Waals surface area contributed by atoms with Gasteiger partial charge in [0.15, 0.2) is 0 Å². The second kappa shape index (κ2) is 10.9. The van der Waals surface area contributed by atoms with Gasteiger partial charge in [0.25, 0.3) is 0 Å². The van der Waals surface area contributed by atoms with Crippen molar-refractivity contribution in [2.75, 3.05) is 52.4 Å². The highest BCUT2D eigenvalue weighted by molar-refractivity contribution is 5.80. The Kier molecular flexibility index (Phi) is 8.99. The maximum absolute atomic E-state index is 11.6. The van der Waals surface area contributed by atoms with Gasteiger partial charge in [-0.15, -0.1) is 0 Å². The zero-order valence-electron chi connectivity index (χ0n) is 12.7. The Hall–Kier alpha value is -1.79. The van der Waals surface area contributed by atoms with E-state index < -0.39 is 0 Å². The van der Waals surface area contributed by atoms with Gasteiger partial charge in [0.1, 0.15) is 12.4 Å². The SMILES string of the molecule is COCCCNC(=O)CNc1ccc(OCCOC)cc1. The summed E-state index contributed by atoms with van der Waals surface area (Å²) in [5.41, 5.74) is 0.876. The van der Waals surface area contributed by atoms with Crippen LogP contribution in [0, 0.1) is 0 Å². The van der Waals surface area contributed by atoms with E-state index in [2.05, 4.69) is 10.6 Å². The summed E-state index contributed by atoms with van der Waals surface area (Å²) in [4.78, 5) is 11.6. The molecule has 1 aromatic rings. The lowest BCUT2D eigenvalue weighted by Crippen LogP contribution is -2.31. The number of anilines is 1. The first kappa shape index (κ1) is 17.3. The molecule has 0 aliphatic rings. The van der Waals surface area contributed by atoms with Crippen molar-refractivity contribution in [2.45, 2.75) is 6.42 Å². The molecule has 1 amide bonds. The van der Waals surface area contributed by atoms with Crippen LogP contribution in [0.15, 0.2) is 24.3 Å². The van der Waals surface area contributed by atoms with E-state index in [-0.39, 0.29) is 12.5 Å². The number of amides is 1. The van der Waals surface area contributed by atoms with E-state index in [9.17, 15) is 4.79 Å². The molecule has 0 aromatic heterocycles.